The summed E-state index contributed by atoms with van der Waals surface area (Å²) in [6, 6.07) is 9.96. The number of benzene rings is 2. The van der Waals surface area contributed by atoms with E-state index in [0.29, 0.717) is 23.4 Å². The van der Waals surface area contributed by atoms with Gasteiger partial charge in [-0.3, -0.25) is 14.8 Å². The highest BCUT2D eigenvalue weighted by molar-refractivity contribution is 6.03. The number of rotatable bonds is 3. The fourth-order valence-electron chi connectivity index (χ4n) is 3.27. The van der Waals surface area contributed by atoms with Crippen LogP contribution in [-0.2, 0) is 4.79 Å². The summed E-state index contributed by atoms with van der Waals surface area (Å²) in [6.07, 6.45) is 3.67. The average Bonchev–Trinajstić information content (AvgIpc) is 3.13. The zero-order valence-corrected chi connectivity index (χ0v) is 14.9. The lowest BCUT2D eigenvalue weighted by Crippen LogP contribution is -2.24. The molecule has 0 N–H and O–H groups in total. The van der Waals surface area contributed by atoms with Crippen LogP contribution in [0.4, 0.5) is 4.39 Å². The number of methoxy groups -OCH3 is 1. The molecule has 0 unspecified atom stereocenters. The van der Waals surface area contributed by atoms with Crippen molar-refractivity contribution in [3.63, 3.8) is 0 Å². The fourth-order valence-corrected chi connectivity index (χ4v) is 3.27. The van der Waals surface area contributed by atoms with Gasteiger partial charge in [-0.1, -0.05) is 6.07 Å². The van der Waals surface area contributed by atoms with Crippen molar-refractivity contribution in [2.75, 3.05) is 7.11 Å². The van der Waals surface area contributed by atoms with Crippen LogP contribution in [0.2, 0.25) is 0 Å². The fraction of sp³-hybridized carbons (Fsp3) is 0.200. The molecule has 0 aliphatic carbocycles. The van der Waals surface area contributed by atoms with Gasteiger partial charge in [-0.05, 0) is 29.8 Å². The summed E-state index contributed by atoms with van der Waals surface area (Å²) in [6.45, 7) is 1.45. The van der Waals surface area contributed by atoms with Gasteiger partial charge in [0.25, 0.3) is 0 Å². The largest absolute Gasteiger partial charge is 0.497 e. The minimum Gasteiger partial charge on any atom is -0.497 e. The molecule has 1 aliphatic rings. The van der Waals surface area contributed by atoms with Gasteiger partial charge in [0.2, 0.25) is 5.91 Å². The normalized spacial score (nSPS) is 16.5. The highest BCUT2D eigenvalue weighted by atomic mass is 19.1. The maximum Gasteiger partial charge on any atom is 0.240 e. The molecule has 3 aromatic rings. The predicted octanol–water partition coefficient (Wildman–Crippen LogP) is 3.48. The molecule has 6 nitrogen and oxygen atoms in total. The molecule has 0 radical (unpaired) electrons. The van der Waals surface area contributed by atoms with E-state index in [0.717, 1.165) is 16.6 Å². The minimum atomic E-state index is -0.429. The lowest BCUT2D eigenvalue weighted by Gasteiger charge is -2.20. The Kier molecular flexibility index (Phi) is 4.27. The van der Waals surface area contributed by atoms with Gasteiger partial charge in [-0.2, -0.15) is 5.10 Å². The Hall–Kier alpha value is -3.35. The van der Waals surface area contributed by atoms with Crippen LogP contribution in [0.15, 0.2) is 53.9 Å². The molecule has 4 rings (SSSR count). The first-order chi connectivity index (χ1) is 13.1. The van der Waals surface area contributed by atoms with Gasteiger partial charge in [0, 0.05) is 37.4 Å². The van der Waals surface area contributed by atoms with Crippen molar-refractivity contribution < 1.29 is 13.9 Å². The van der Waals surface area contributed by atoms with Crippen LogP contribution < -0.4 is 4.74 Å². The van der Waals surface area contributed by atoms with E-state index in [4.69, 9.17) is 4.74 Å². The highest BCUT2D eigenvalue weighted by Crippen LogP contribution is 2.34. The predicted molar refractivity (Wildman–Crippen MR) is 98.9 cm³/mol. The maximum atomic E-state index is 14.5. The molecule has 0 bridgehead atoms. The van der Waals surface area contributed by atoms with Crippen molar-refractivity contribution in [1.29, 1.82) is 0 Å². The van der Waals surface area contributed by atoms with Crippen LogP contribution in [0.5, 0.6) is 5.75 Å². The number of carbonyl (C=O) groups is 1. The number of hydrazone groups is 1. The highest BCUT2D eigenvalue weighted by Gasteiger charge is 2.32. The summed E-state index contributed by atoms with van der Waals surface area (Å²) in [5.74, 6) is -0.201. The topological polar surface area (TPSA) is 67.7 Å². The van der Waals surface area contributed by atoms with Gasteiger partial charge in [0.15, 0.2) is 0 Å². The van der Waals surface area contributed by atoms with E-state index >= 15 is 0 Å². The van der Waals surface area contributed by atoms with Gasteiger partial charge in [0.1, 0.15) is 11.6 Å². The van der Waals surface area contributed by atoms with Crippen LogP contribution in [0.3, 0.4) is 0 Å². The molecule has 2 aromatic carbocycles. The Labute approximate surface area is 155 Å². The van der Waals surface area contributed by atoms with E-state index in [1.165, 1.54) is 25.1 Å². The van der Waals surface area contributed by atoms with Crippen LogP contribution >= 0.6 is 0 Å². The van der Waals surface area contributed by atoms with Crippen molar-refractivity contribution in [3.8, 4) is 5.75 Å². The summed E-state index contributed by atoms with van der Waals surface area (Å²) in [5.41, 5.74) is 3.28. The lowest BCUT2D eigenvalue weighted by atomic mass is 9.97. The number of halogens is 1. The second kappa shape index (κ2) is 6.75. The van der Waals surface area contributed by atoms with Crippen LogP contribution in [-0.4, -0.2) is 33.7 Å². The summed E-state index contributed by atoms with van der Waals surface area (Å²) < 4.78 is 19.5. The van der Waals surface area contributed by atoms with Gasteiger partial charge in [-0.15, -0.1) is 0 Å². The molecule has 1 aliphatic heterocycles. The third-order valence-electron chi connectivity index (χ3n) is 4.60. The first-order valence-electron chi connectivity index (χ1n) is 8.48. The van der Waals surface area contributed by atoms with Crippen molar-refractivity contribution in [2.24, 2.45) is 5.10 Å². The standard InChI is InChI=1S/C20H17FN4O2/c1-12(26)25-20(13-3-6-17-19(9-13)23-8-7-22-17)11-18(24-25)15-5-4-14(27-2)10-16(15)21/h3-10,20H,11H2,1-2H3/t20-/m0/s1. The van der Waals surface area contributed by atoms with Gasteiger partial charge < -0.3 is 4.74 Å². The SMILES string of the molecule is COc1ccc(C2=NN(C(C)=O)[C@H](c3ccc4nccnc4c3)C2)c(F)c1. The van der Waals surface area contributed by atoms with Crippen LogP contribution in [0.1, 0.15) is 30.5 Å². The molecular formula is C20H17FN4O2. The number of aromatic nitrogens is 2. The molecule has 1 atom stereocenters. The molecule has 0 saturated carbocycles. The van der Waals surface area contributed by atoms with Gasteiger partial charge >= 0.3 is 0 Å². The molecule has 1 aromatic heterocycles. The lowest BCUT2D eigenvalue weighted by molar-refractivity contribution is -0.130. The molecule has 27 heavy (non-hydrogen) atoms. The Morgan fingerprint density at radius 1 is 1.15 bits per heavy atom. The van der Waals surface area contributed by atoms with Crippen molar-refractivity contribution in [2.45, 2.75) is 19.4 Å². The van der Waals surface area contributed by atoms with E-state index < -0.39 is 5.82 Å². The van der Waals surface area contributed by atoms with Gasteiger partial charge in [0.05, 0.1) is 29.9 Å². The number of nitrogens with zero attached hydrogens (tertiary/aromatic N) is 4. The second-order valence-electron chi connectivity index (χ2n) is 6.28. The van der Waals surface area contributed by atoms with E-state index in [2.05, 4.69) is 15.1 Å². The number of fused-ring (bicyclic) bond motifs is 1. The molecular weight excluding hydrogens is 347 g/mol. The first kappa shape index (κ1) is 17.1. The second-order valence-corrected chi connectivity index (χ2v) is 6.28. The number of hydrogen-bond acceptors (Lipinski definition) is 5. The van der Waals surface area contributed by atoms with E-state index in [1.807, 2.05) is 18.2 Å². The van der Waals surface area contributed by atoms with Crippen LogP contribution in [0, 0.1) is 5.82 Å². The zero-order chi connectivity index (χ0) is 19.0. The molecule has 0 fully saturated rings. The Morgan fingerprint density at radius 2 is 1.93 bits per heavy atom. The number of hydrogen-bond donors (Lipinski definition) is 0. The molecule has 1 amide bonds. The monoisotopic (exact) mass is 364 g/mol. The Bertz CT molecular complexity index is 1070. The summed E-state index contributed by atoms with van der Waals surface area (Å²) in [7, 11) is 1.48. The summed E-state index contributed by atoms with van der Waals surface area (Å²) in [4.78, 5) is 20.7. The van der Waals surface area contributed by atoms with E-state index in [9.17, 15) is 9.18 Å². The minimum absolute atomic E-state index is 0.205. The van der Waals surface area contributed by atoms with Crippen molar-refractivity contribution >= 4 is 22.7 Å². The van der Waals surface area contributed by atoms with E-state index in [1.54, 1.807) is 24.5 Å². The Balaban J connectivity index is 1.71. The molecule has 136 valence electrons. The molecule has 2 heterocycles. The first-order valence-corrected chi connectivity index (χ1v) is 8.48. The zero-order valence-electron chi connectivity index (χ0n) is 14.9. The number of carbonyl (C=O) groups excluding carboxylic acids is 1. The quantitative estimate of drug-likeness (QED) is 0.714. The van der Waals surface area contributed by atoms with Gasteiger partial charge in [-0.25, -0.2) is 9.40 Å². The van der Waals surface area contributed by atoms with Crippen molar-refractivity contribution in [1.82, 2.24) is 15.0 Å². The van der Waals surface area contributed by atoms with Crippen molar-refractivity contribution in [3.05, 3.63) is 65.7 Å². The third-order valence-corrected chi connectivity index (χ3v) is 4.60. The Morgan fingerprint density at radius 3 is 2.63 bits per heavy atom. The molecule has 7 heteroatoms. The third kappa shape index (κ3) is 3.12. The molecule has 0 spiro atoms. The summed E-state index contributed by atoms with van der Waals surface area (Å²) >= 11 is 0. The smallest absolute Gasteiger partial charge is 0.240 e. The van der Waals surface area contributed by atoms with E-state index in [-0.39, 0.29) is 11.9 Å². The number of amides is 1. The number of ether oxygens (including phenoxy) is 1. The maximum absolute atomic E-state index is 14.5. The van der Waals surface area contributed by atoms with Crippen LogP contribution in [0.25, 0.3) is 11.0 Å². The average molecular weight is 364 g/mol. The molecule has 0 saturated heterocycles. The summed E-state index contributed by atoms with van der Waals surface area (Å²) in [5, 5.41) is 5.79.